The van der Waals surface area contributed by atoms with Crippen molar-refractivity contribution in [1.29, 1.82) is 0 Å². The predicted octanol–water partition coefficient (Wildman–Crippen LogP) is 1.66. The third-order valence-electron chi connectivity index (χ3n) is 3.13. The molecule has 1 saturated carbocycles. The van der Waals surface area contributed by atoms with E-state index >= 15 is 0 Å². The van der Waals surface area contributed by atoms with Gasteiger partial charge in [-0.3, -0.25) is 9.78 Å². The average molecular weight is 220 g/mol. The van der Waals surface area contributed by atoms with Crippen molar-refractivity contribution in [2.45, 2.75) is 19.3 Å². The third-order valence-corrected chi connectivity index (χ3v) is 3.13. The summed E-state index contributed by atoms with van der Waals surface area (Å²) in [7, 11) is 1.78. The van der Waals surface area contributed by atoms with Crippen LogP contribution in [-0.2, 0) is 0 Å². The quantitative estimate of drug-likeness (QED) is 0.842. The smallest absolute Gasteiger partial charge is 0.257 e. The minimum atomic E-state index is -0.133. The zero-order valence-corrected chi connectivity index (χ0v) is 9.39. The molecule has 1 aliphatic rings. The van der Waals surface area contributed by atoms with Gasteiger partial charge < -0.3 is 10.0 Å². The molecule has 1 heterocycles. The summed E-state index contributed by atoms with van der Waals surface area (Å²) in [4.78, 5) is 17.4. The van der Waals surface area contributed by atoms with Crippen LogP contribution in [0, 0.1) is 5.92 Å². The number of carbonyl (C=O) groups is 1. The fourth-order valence-corrected chi connectivity index (χ4v) is 1.92. The highest BCUT2D eigenvalue weighted by atomic mass is 16.3. The zero-order chi connectivity index (χ0) is 11.5. The van der Waals surface area contributed by atoms with E-state index in [1.54, 1.807) is 18.0 Å². The predicted molar refractivity (Wildman–Crippen MR) is 60.2 cm³/mol. The van der Waals surface area contributed by atoms with Gasteiger partial charge in [0.25, 0.3) is 5.91 Å². The average Bonchev–Trinajstić information content (AvgIpc) is 2.23. The molecule has 4 heteroatoms. The van der Waals surface area contributed by atoms with E-state index in [1.165, 1.54) is 31.7 Å². The minimum Gasteiger partial charge on any atom is -0.505 e. The van der Waals surface area contributed by atoms with E-state index in [4.69, 9.17) is 0 Å². The second kappa shape index (κ2) is 4.51. The molecule has 0 aromatic carbocycles. The van der Waals surface area contributed by atoms with Gasteiger partial charge in [0.05, 0.1) is 11.8 Å². The molecule has 0 unspecified atom stereocenters. The van der Waals surface area contributed by atoms with E-state index in [1.807, 2.05) is 0 Å². The molecular weight excluding hydrogens is 204 g/mol. The molecule has 0 saturated heterocycles. The summed E-state index contributed by atoms with van der Waals surface area (Å²) < 4.78 is 0. The van der Waals surface area contributed by atoms with Crippen LogP contribution in [0.3, 0.4) is 0 Å². The van der Waals surface area contributed by atoms with Gasteiger partial charge in [0.1, 0.15) is 5.75 Å². The van der Waals surface area contributed by atoms with Gasteiger partial charge in [-0.15, -0.1) is 0 Å². The first-order chi connectivity index (χ1) is 7.68. The Kier molecular flexibility index (Phi) is 3.08. The van der Waals surface area contributed by atoms with E-state index in [-0.39, 0.29) is 11.7 Å². The van der Waals surface area contributed by atoms with Crippen molar-refractivity contribution in [1.82, 2.24) is 9.88 Å². The molecule has 16 heavy (non-hydrogen) atoms. The summed E-state index contributed by atoms with van der Waals surface area (Å²) in [5, 5.41) is 9.53. The Morgan fingerprint density at radius 2 is 2.38 bits per heavy atom. The van der Waals surface area contributed by atoms with Crippen molar-refractivity contribution in [3.05, 3.63) is 24.0 Å². The summed E-state index contributed by atoms with van der Waals surface area (Å²) in [6.45, 7) is 0.778. The van der Waals surface area contributed by atoms with Gasteiger partial charge in [0.15, 0.2) is 0 Å². The van der Waals surface area contributed by atoms with Crippen LogP contribution in [0.5, 0.6) is 5.75 Å². The SMILES string of the molecule is CN(CC1CCC1)C(=O)c1ccncc1O. The lowest BCUT2D eigenvalue weighted by Crippen LogP contribution is -2.34. The molecule has 1 fully saturated rings. The highest BCUT2D eigenvalue weighted by Crippen LogP contribution is 2.27. The number of pyridine rings is 1. The fraction of sp³-hybridized carbons (Fsp3) is 0.500. The lowest BCUT2D eigenvalue weighted by atomic mass is 9.85. The highest BCUT2D eigenvalue weighted by Gasteiger charge is 2.23. The number of carbonyl (C=O) groups excluding carboxylic acids is 1. The van der Waals surface area contributed by atoms with E-state index < -0.39 is 0 Å². The number of nitrogens with zero attached hydrogens (tertiary/aromatic N) is 2. The topological polar surface area (TPSA) is 53.4 Å². The molecule has 1 aromatic rings. The van der Waals surface area contributed by atoms with Crippen LogP contribution in [0.4, 0.5) is 0 Å². The largest absolute Gasteiger partial charge is 0.505 e. The van der Waals surface area contributed by atoms with Gasteiger partial charge >= 0.3 is 0 Å². The third kappa shape index (κ3) is 2.15. The Hall–Kier alpha value is -1.58. The van der Waals surface area contributed by atoms with Gasteiger partial charge in [-0.1, -0.05) is 6.42 Å². The number of hydrogen-bond acceptors (Lipinski definition) is 3. The molecule has 0 atom stereocenters. The Labute approximate surface area is 94.9 Å². The summed E-state index contributed by atoms with van der Waals surface area (Å²) in [5.41, 5.74) is 0.330. The summed E-state index contributed by atoms with van der Waals surface area (Å²) >= 11 is 0. The maximum Gasteiger partial charge on any atom is 0.257 e. The van der Waals surface area contributed by atoms with Gasteiger partial charge in [-0.25, -0.2) is 0 Å². The van der Waals surface area contributed by atoms with Crippen molar-refractivity contribution in [3.63, 3.8) is 0 Å². The first-order valence-corrected chi connectivity index (χ1v) is 5.57. The van der Waals surface area contributed by atoms with E-state index in [9.17, 15) is 9.90 Å². The normalized spacial score (nSPS) is 15.6. The molecule has 1 aromatic heterocycles. The number of hydrogen-bond donors (Lipinski definition) is 1. The number of rotatable bonds is 3. The number of aromatic nitrogens is 1. The summed E-state index contributed by atoms with van der Waals surface area (Å²) in [5.74, 6) is 0.456. The summed E-state index contributed by atoms with van der Waals surface area (Å²) in [6, 6.07) is 1.55. The lowest BCUT2D eigenvalue weighted by molar-refractivity contribution is 0.0742. The number of aromatic hydroxyl groups is 1. The molecule has 0 spiro atoms. The van der Waals surface area contributed by atoms with Crippen LogP contribution in [0.1, 0.15) is 29.6 Å². The Morgan fingerprint density at radius 3 is 2.94 bits per heavy atom. The maximum atomic E-state index is 12.0. The molecule has 1 aliphatic carbocycles. The second-order valence-corrected chi connectivity index (χ2v) is 4.38. The van der Waals surface area contributed by atoms with Gasteiger partial charge in [-0.2, -0.15) is 0 Å². The van der Waals surface area contributed by atoms with E-state index in [0.717, 1.165) is 6.54 Å². The molecule has 0 aliphatic heterocycles. The molecule has 0 radical (unpaired) electrons. The standard InChI is InChI=1S/C12H16N2O2/c1-14(8-9-3-2-4-9)12(16)10-5-6-13-7-11(10)15/h5-7,9,15H,2-4,8H2,1H3. The molecule has 4 nitrogen and oxygen atoms in total. The van der Waals surface area contributed by atoms with Crippen molar-refractivity contribution in [2.24, 2.45) is 5.92 Å². The first kappa shape index (κ1) is 10.9. The van der Waals surface area contributed by atoms with Crippen molar-refractivity contribution in [3.8, 4) is 5.75 Å². The van der Waals surface area contributed by atoms with E-state index in [2.05, 4.69) is 4.98 Å². The van der Waals surface area contributed by atoms with Crippen LogP contribution in [0.2, 0.25) is 0 Å². The van der Waals surface area contributed by atoms with Crippen LogP contribution in [0.25, 0.3) is 0 Å². The highest BCUT2D eigenvalue weighted by molar-refractivity contribution is 5.96. The number of amides is 1. The van der Waals surface area contributed by atoms with E-state index in [0.29, 0.717) is 11.5 Å². The summed E-state index contributed by atoms with van der Waals surface area (Å²) in [6.07, 6.45) is 6.50. The Bertz CT molecular complexity index is 388. The second-order valence-electron chi connectivity index (χ2n) is 4.38. The Balaban J connectivity index is 2.03. The minimum absolute atomic E-state index is 0.0482. The first-order valence-electron chi connectivity index (χ1n) is 5.57. The Morgan fingerprint density at radius 1 is 1.62 bits per heavy atom. The van der Waals surface area contributed by atoms with Gasteiger partial charge in [0, 0.05) is 19.8 Å². The van der Waals surface area contributed by atoms with Crippen LogP contribution in [0.15, 0.2) is 18.5 Å². The molecule has 2 rings (SSSR count). The monoisotopic (exact) mass is 220 g/mol. The van der Waals surface area contributed by atoms with Crippen LogP contribution < -0.4 is 0 Å². The van der Waals surface area contributed by atoms with Gasteiger partial charge in [0.2, 0.25) is 0 Å². The molecule has 1 N–H and O–H groups in total. The van der Waals surface area contributed by atoms with Crippen molar-refractivity contribution < 1.29 is 9.90 Å². The molecular formula is C12H16N2O2. The lowest BCUT2D eigenvalue weighted by Gasteiger charge is -2.30. The van der Waals surface area contributed by atoms with Gasteiger partial charge in [-0.05, 0) is 24.8 Å². The van der Waals surface area contributed by atoms with Crippen LogP contribution in [-0.4, -0.2) is 34.5 Å². The molecule has 86 valence electrons. The van der Waals surface area contributed by atoms with Crippen molar-refractivity contribution in [2.75, 3.05) is 13.6 Å². The van der Waals surface area contributed by atoms with Crippen LogP contribution >= 0.6 is 0 Å². The molecule has 0 bridgehead atoms. The molecule has 1 amide bonds. The zero-order valence-electron chi connectivity index (χ0n) is 9.39. The van der Waals surface area contributed by atoms with Crippen molar-refractivity contribution >= 4 is 5.91 Å². The maximum absolute atomic E-state index is 12.0. The fourth-order valence-electron chi connectivity index (χ4n) is 1.92.